The molecule has 2 unspecified atom stereocenters. The van der Waals surface area contributed by atoms with E-state index in [0.717, 1.165) is 12.8 Å². The zero-order valence-corrected chi connectivity index (χ0v) is 12.6. The Morgan fingerprint density at radius 1 is 1.52 bits per heavy atom. The van der Waals surface area contributed by atoms with Crippen molar-refractivity contribution in [3.8, 4) is 0 Å². The molecular weight excluding hydrogens is 280 g/mol. The second-order valence-corrected chi connectivity index (χ2v) is 4.56. The van der Waals surface area contributed by atoms with E-state index in [-0.39, 0.29) is 0 Å². The molecule has 7 nitrogen and oxygen atoms in total. The molecule has 4 N–H and O–H groups in total. The van der Waals surface area contributed by atoms with Gasteiger partial charge in [0.05, 0.1) is 6.04 Å². The summed E-state index contributed by atoms with van der Waals surface area (Å²) >= 11 is 0. The third kappa shape index (κ3) is 10.2. The highest BCUT2D eigenvalue weighted by molar-refractivity contribution is 6.45. The van der Waals surface area contributed by atoms with Crippen molar-refractivity contribution in [3.05, 3.63) is 0 Å². The van der Waals surface area contributed by atoms with Crippen LogP contribution in [0.2, 0.25) is 6.82 Å². The predicted molar refractivity (Wildman–Crippen MR) is 79.7 cm³/mol. The average molecular weight is 305 g/mol. The number of alkyl halides is 1. The van der Waals surface area contributed by atoms with Crippen LogP contribution in [0.5, 0.6) is 0 Å². The van der Waals surface area contributed by atoms with Crippen LogP contribution in [0.3, 0.4) is 0 Å². The second kappa shape index (κ2) is 12.5. The second-order valence-electron chi connectivity index (χ2n) is 4.56. The molecule has 0 heterocycles. The molecule has 0 aromatic carbocycles. The highest BCUT2D eigenvalue weighted by atomic mass is 19.1. The number of aliphatic hydroxyl groups is 1. The van der Waals surface area contributed by atoms with E-state index in [9.17, 15) is 14.3 Å². The monoisotopic (exact) mass is 305 g/mol. The van der Waals surface area contributed by atoms with Crippen molar-refractivity contribution in [3.63, 3.8) is 0 Å². The van der Waals surface area contributed by atoms with Crippen LogP contribution in [0.4, 0.5) is 4.39 Å². The summed E-state index contributed by atoms with van der Waals surface area (Å²) in [5, 5.41) is 24.3. The van der Waals surface area contributed by atoms with Gasteiger partial charge in [-0.2, -0.15) is 0 Å². The lowest BCUT2D eigenvalue weighted by atomic mass is 9.89. The standard InChI is InChI=1S/C12H25BFN3O4/c1-3-15-12(19)11(18)10(16-9-21-8-14)6-4-5-7-17-13(2)20/h9-11,17-18,20H,3-8H2,1-2H3,(H,15,19). The number of ether oxygens (including phenoxy) is 1. The van der Waals surface area contributed by atoms with Gasteiger partial charge in [-0.05, 0) is 39.6 Å². The lowest BCUT2D eigenvalue weighted by molar-refractivity contribution is -0.130. The van der Waals surface area contributed by atoms with E-state index < -0.39 is 32.0 Å². The first-order chi connectivity index (χ1) is 10.0. The van der Waals surface area contributed by atoms with E-state index in [1.165, 1.54) is 0 Å². The van der Waals surface area contributed by atoms with Gasteiger partial charge in [-0.15, -0.1) is 0 Å². The summed E-state index contributed by atoms with van der Waals surface area (Å²) in [5.74, 6) is -0.512. The third-order valence-corrected chi connectivity index (χ3v) is 2.74. The number of hydrogen-bond acceptors (Lipinski definition) is 6. The molecule has 2 atom stereocenters. The molecular formula is C12H25BFN3O4. The molecule has 0 aliphatic heterocycles. The molecule has 0 aliphatic rings. The van der Waals surface area contributed by atoms with Gasteiger partial charge in [-0.3, -0.25) is 9.79 Å². The van der Waals surface area contributed by atoms with Gasteiger partial charge in [0, 0.05) is 6.54 Å². The zero-order valence-electron chi connectivity index (χ0n) is 12.6. The van der Waals surface area contributed by atoms with E-state index in [2.05, 4.69) is 20.3 Å². The largest absolute Gasteiger partial charge is 0.453 e. The van der Waals surface area contributed by atoms with Gasteiger partial charge in [0.2, 0.25) is 6.86 Å². The summed E-state index contributed by atoms with van der Waals surface area (Å²) in [4.78, 5) is 15.5. The molecule has 0 aromatic heterocycles. The fourth-order valence-electron chi connectivity index (χ4n) is 1.71. The molecule has 0 bridgehead atoms. The summed E-state index contributed by atoms with van der Waals surface area (Å²) < 4.78 is 16.2. The number of amides is 1. The van der Waals surface area contributed by atoms with Gasteiger partial charge in [-0.1, -0.05) is 0 Å². The van der Waals surface area contributed by atoms with Crippen LogP contribution in [-0.2, 0) is 9.53 Å². The molecule has 122 valence electrons. The summed E-state index contributed by atoms with van der Waals surface area (Å²) in [6.07, 6.45) is 1.51. The third-order valence-electron chi connectivity index (χ3n) is 2.74. The fourth-order valence-corrected chi connectivity index (χ4v) is 1.71. The van der Waals surface area contributed by atoms with Crippen LogP contribution >= 0.6 is 0 Å². The Balaban J connectivity index is 4.28. The number of carbonyl (C=O) groups excluding carboxylic acids is 1. The van der Waals surface area contributed by atoms with Crippen LogP contribution in [0, 0.1) is 0 Å². The minimum atomic E-state index is -1.30. The zero-order chi connectivity index (χ0) is 16.1. The van der Waals surface area contributed by atoms with Gasteiger partial charge < -0.3 is 25.4 Å². The van der Waals surface area contributed by atoms with Gasteiger partial charge in [0.1, 0.15) is 0 Å². The summed E-state index contributed by atoms with van der Waals surface area (Å²) in [7, 11) is -0.572. The highest BCUT2D eigenvalue weighted by Crippen LogP contribution is 2.09. The summed E-state index contributed by atoms with van der Waals surface area (Å²) in [5.41, 5.74) is 0. The number of carbonyl (C=O) groups is 1. The van der Waals surface area contributed by atoms with Crippen molar-refractivity contribution in [1.29, 1.82) is 0 Å². The number of nitrogens with one attached hydrogen (secondary N) is 2. The average Bonchev–Trinajstić information content (AvgIpc) is 2.44. The Bertz CT molecular complexity index is 308. The van der Waals surface area contributed by atoms with Crippen molar-refractivity contribution in [2.45, 2.75) is 45.2 Å². The molecule has 0 saturated carbocycles. The Kier molecular flexibility index (Phi) is 11.8. The lowest BCUT2D eigenvalue weighted by Crippen LogP contribution is -2.41. The van der Waals surface area contributed by atoms with Gasteiger partial charge >= 0.3 is 7.05 Å². The normalized spacial score (nSPS) is 14.0. The maximum absolute atomic E-state index is 11.9. The molecule has 0 aliphatic carbocycles. The van der Waals surface area contributed by atoms with Crippen molar-refractivity contribution < 1.29 is 24.1 Å². The molecule has 1 amide bonds. The molecule has 0 saturated heterocycles. The minimum absolute atomic E-state index is 0.408. The van der Waals surface area contributed by atoms with Gasteiger partial charge in [-0.25, -0.2) is 4.39 Å². The number of hydrogen-bond donors (Lipinski definition) is 4. The van der Waals surface area contributed by atoms with Crippen LogP contribution < -0.4 is 10.5 Å². The molecule has 9 heteroatoms. The van der Waals surface area contributed by atoms with E-state index >= 15 is 0 Å². The minimum Gasteiger partial charge on any atom is -0.453 e. The molecule has 0 fully saturated rings. The van der Waals surface area contributed by atoms with Crippen LogP contribution in [0.1, 0.15) is 26.2 Å². The topological polar surface area (TPSA) is 103 Å². The Hall–Kier alpha value is -1.19. The van der Waals surface area contributed by atoms with Crippen molar-refractivity contribution >= 4 is 19.4 Å². The number of unbranched alkanes of at least 4 members (excludes halogenated alkanes) is 1. The lowest BCUT2D eigenvalue weighted by Gasteiger charge is -2.18. The number of aliphatic imine (C=N–C) groups is 1. The van der Waals surface area contributed by atoms with E-state index in [4.69, 9.17) is 5.02 Å². The first-order valence-corrected chi connectivity index (χ1v) is 7.09. The number of aliphatic hydroxyl groups excluding tert-OH is 1. The van der Waals surface area contributed by atoms with Gasteiger partial charge in [0.25, 0.3) is 5.91 Å². The first kappa shape index (κ1) is 19.8. The van der Waals surface area contributed by atoms with Gasteiger partial charge in [0.15, 0.2) is 12.5 Å². The van der Waals surface area contributed by atoms with Crippen LogP contribution in [0.15, 0.2) is 4.99 Å². The number of likely N-dealkylation sites (N-methyl/N-ethyl adjacent to an activating group) is 1. The van der Waals surface area contributed by atoms with E-state index in [0.29, 0.717) is 25.9 Å². The fraction of sp³-hybridized carbons (Fsp3) is 0.833. The van der Waals surface area contributed by atoms with Crippen LogP contribution in [-0.4, -0.2) is 61.6 Å². The van der Waals surface area contributed by atoms with Crippen molar-refractivity contribution in [1.82, 2.24) is 10.5 Å². The molecule has 0 aromatic rings. The molecule has 0 radical (unpaired) electrons. The SMILES string of the molecule is CCNC(=O)C(O)C(CCCCNB(C)O)N=COCF. The maximum atomic E-state index is 11.9. The van der Waals surface area contributed by atoms with Crippen molar-refractivity contribution in [2.75, 3.05) is 20.0 Å². The highest BCUT2D eigenvalue weighted by Gasteiger charge is 2.24. The maximum Gasteiger partial charge on any atom is 0.373 e. The molecule has 21 heavy (non-hydrogen) atoms. The Morgan fingerprint density at radius 3 is 2.81 bits per heavy atom. The predicted octanol–water partition coefficient (Wildman–Crippen LogP) is -0.306. The Morgan fingerprint density at radius 2 is 2.24 bits per heavy atom. The smallest absolute Gasteiger partial charge is 0.373 e. The Labute approximate surface area is 125 Å². The number of nitrogens with zero attached hydrogens (tertiary/aromatic N) is 1. The van der Waals surface area contributed by atoms with E-state index in [1.807, 2.05) is 0 Å². The number of rotatable bonds is 12. The molecule has 0 rings (SSSR count). The quantitative estimate of drug-likeness (QED) is 0.171. The number of halogens is 1. The summed E-state index contributed by atoms with van der Waals surface area (Å²) in [6, 6.07) is -0.686. The summed E-state index contributed by atoms with van der Waals surface area (Å²) in [6.45, 7) is 3.39. The molecule has 0 spiro atoms. The first-order valence-electron chi connectivity index (χ1n) is 7.09. The van der Waals surface area contributed by atoms with Crippen molar-refractivity contribution in [2.24, 2.45) is 4.99 Å². The van der Waals surface area contributed by atoms with Crippen LogP contribution in [0.25, 0.3) is 0 Å². The van der Waals surface area contributed by atoms with E-state index in [1.54, 1.807) is 13.7 Å².